The zero-order chi connectivity index (χ0) is 21.8. The number of para-hydroxylation sites is 1. The monoisotopic (exact) mass is 437 g/mol. The summed E-state index contributed by atoms with van der Waals surface area (Å²) < 4.78 is 28.0. The van der Waals surface area contributed by atoms with Gasteiger partial charge in [0, 0.05) is 36.8 Å². The smallest absolute Gasteiger partial charge is 0.245 e. The number of hydrogen-bond acceptors (Lipinski definition) is 4. The second kappa shape index (κ2) is 9.16. The number of sulfonamides is 1. The molecule has 1 fully saturated rings. The van der Waals surface area contributed by atoms with Gasteiger partial charge in [0.15, 0.2) is 0 Å². The minimum atomic E-state index is -3.60. The Bertz CT molecular complexity index is 1180. The lowest BCUT2D eigenvalue weighted by molar-refractivity contribution is -0.116. The maximum Gasteiger partial charge on any atom is 0.245 e. The molecule has 1 aliphatic heterocycles. The quantitative estimate of drug-likeness (QED) is 0.621. The first-order valence-electron chi connectivity index (χ1n) is 10.6. The van der Waals surface area contributed by atoms with Gasteiger partial charge < -0.3 is 5.32 Å². The van der Waals surface area contributed by atoms with Gasteiger partial charge >= 0.3 is 0 Å². The summed E-state index contributed by atoms with van der Waals surface area (Å²) in [6.45, 7) is 2.93. The third kappa shape index (κ3) is 4.94. The molecule has 0 saturated carbocycles. The highest BCUT2D eigenvalue weighted by atomic mass is 32.2. The fraction of sp³-hybridized carbons (Fsp3) is 0.333. The van der Waals surface area contributed by atoms with Crippen LogP contribution in [0.5, 0.6) is 0 Å². The number of pyridine rings is 1. The summed E-state index contributed by atoms with van der Waals surface area (Å²) in [7, 11) is -3.60. The fourth-order valence-electron chi connectivity index (χ4n) is 4.14. The Labute approximate surface area is 183 Å². The van der Waals surface area contributed by atoms with Crippen LogP contribution in [0.1, 0.15) is 31.2 Å². The largest absolute Gasteiger partial charge is 0.326 e. The Morgan fingerprint density at radius 3 is 2.61 bits per heavy atom. The van der Waals surface area contributed by atoms with Gasteiger partial charge in [-0.3, -0.25) is 9.78 Å². The highest BCUT2D eigenvalue weighted by Gasteiger charge is 2.31. The van der Waals surface area contributed by atoms with Crippen molar-refractivity contribution in [2.24, 2.45) is 5.92 Å². The van der Waals surface area contributed by atoms with Crippen molar-refractivity contribution in [1.29, 1.82) is 0 Å². The van der Waals surface area contributed by atoms with E-state index in [2.05, 4.69) is 10.3 Å². The van der Waals surface area contributed by atoms with E-state index in [4.69, 9.17) is 0 Å². The topological polar surface area (TPSA) is 79.4 Å². The number of piperidine rings is 1. The molecule has 0 aliphatic carbocycles. The maximum absolute atomic E-state index is 13.2. The first-order valence-corrected chi connectivity index (χ1v) is 12.1. The Morgan fingerprint density at radius 1 is 1.10 bits per heavy atom. The molecule has 0 unspecified atom stereocenters. The van der Waals surface area contributed by atoms with Gasteiger partial charge in [-0.25, -0.2) is 8.42 Å². The van der Waals surface area contributed by atoms with Crippen LogP contribution < -0.4 is 5.32 Å². The number of benzene rings is 2. The summed E-state index contributed by atoms with van der Waals surface area (Å²) in [5, 5.41) is 3.76. The lowest BCUT2D eigenvalue weighted by atomic mass is 9.93. The summed E-state index contributed by atoms with van der Waals surface area (Å²) in [5.74, 6) is 0.350. The number of aryl methyl sites for hydroxylation is 1. The number of nitrogens with zero attached hydrogens (tertiary/aromatic N) is 2. The van der Waals surface area contributed by atoms with Crippen LogP contribution in [0.15, 0.2) is 65.7 Å². The predicted octanol–water partition coefficient (Wildman–Crippen LogP) is 4.36. The van der Waals surface area contributed by atoms with Crippen LogP contribution in [0.3, 0.4) is 0 Å². The zero-order valence-corrected chi connectivity index (χ0v) is 18.4. The Hall–Kier alpha value is -2.77. The van der Waals surface area contributed by atoms with Crippen LogP contribution in [0, 0.1) is 12.8 Å². The summed E-state index contributed by atoms with van der Waals surface area (Å²) in [6, 6.07) is 16.7. The molecule has 0 radical (unpaired) electrons. The summed E-state index contributed by atoms with van der Waals surface area (Å²) in [4.78, 5) is 16.8. The molecule has 162 valence electrons. The number of rotatable bonds is 6. The lowest BCUT2D eigenvalue weighted by Gasteiger charge is -2.31. The van der Waals surface area contributed by atoms with Crippen LogP contribution in [-0.2, 0) is 14.8 Å². The minimum absolute atomic E-state index is 0.00230. The van der Waals surface area contributed by atoms with Crippen molar-refractivity contribution in [2.45, 2.75) is 37.5 Å². The molecule has 1 N–H and O–H groups in total. The second-order valence-electron chi connectivity index (χ2n) is 8.14. The molecule has 0 bridgehead atoms. The standard InChI is InChI=1S/C24H27N3O3S/c1-18-5-2-8-21(17-18)26-23(28)11-10-19-12-15-27(16-13-19)31(29,30)22-9-3-6-20-7-4-14-25-24(20)22/h2-9,14,17,19H,10-13,15-16H2,1H3,(H,26,28). The van der Waals surface area contributed by atoms with Crippen molar-refractivity contribution in [3.05, 3.63) is 66.4 Å². The number of amides is 1. The molecule has 3 aromatic rings. The highest BCUT2D eigenvalue weighted by molar-refractivity contribution is 7.89. The van der Waals surface area contributed by atoms with Gasteiger partial charge in [0.05, 0.1) is 5.52 Å². The average molecular weight is 438 g/mol. The molecule has 6 nitrogen and oxygen atoms in total. The van der Waals surface area contributed by atoms with Gasteiger partial charge in [0.25, 0.3) is 0 Å². The number of fused-ring (bicyclic) bond motifs is 1. The molecule has 2 heterocycles. The minimum Gasteiger partial charge on any atom is -0.326 e. The zero-order valence-electron chi connectivity index (χ0n) is 17.6. The molecule has 0 spiro atoms. The molecule has 1 aliphatic rings. The van der Waals surface area contributed by atoms with Crippen LogP contribution in [0.2, 0.25) is 0 Å². The van der Waals surface area contributed by atoms with E-state index in [1.54, 1.807) is 28.7 Å². The molecule has 2 aromatic carbocycles. The van der Waals surface area contributed by atoms with E-state index in [-0.39, 0.29) is 10.8 Å². The van der Waals surface area contributed by atoms with E-state index in [1.807, 2.05) is 43.3 Å². The predicted molar refractivity (Wildman–Crippen MR) is 122 cm³/mol. The SMILES string of the molecule is Cc1cccc(NC(=O)CCC2CCN(S(=O)(=O)c3cccc4cccnc34)CC2)c1. The summed E-state index contributed by atoms with van der Waals surface area (Å²) >= 11 is 0. The third-order valence-electron chi connectivity index (χ3n) is 5.87. The first-order chi connectivity index (χ1) is 14.9. The Kier molecular flexibility index (Phi) is 6.34. The number of carbonyl (C=O) groups is 1. The van der Waals surface area contributed by atoms with Crippen molar-refractivity contribution in [1.82, 2.24) is 9.29 Å². The van der Waals surface area contributed by atoms with E-state index >= 15 is 0 Å². The third-order valence-corrected chi connectivity index (χ3v) is 7.80. The normalized spacial score (nSPS) is 15.8. The molecule has 1 amide bonds. The maximum atomic E-state index is 13.2. The lowest BCUT2D eigenvalue weighted by Crippen LogP contribution is -2.38. The van der Waals surface area contributed by atoms with Gasteiger partial charge in [-0.2, -0.15) is 4.31 Å². The van der Waals surface area contributed by atoms with Gasteiger partial charge in [0.2, 0.25) is 15.9 Å². The van der Waals surface area contributed by atoms with Crippen LogP contribution >= 0.6 is 0 Å². The number of carbonyl (C=O) groups excluding carboxylic acids is 1. The van der Waals surface area contributed by atoms with Gasteiger partial charge in [-0.1, -0.05) is 30.3 Å². The van der Waals surface area contributed by atoms with Crippen molar-refractivity contribution in [3.8, 4) is 0 Å². The van der Waals surface area contributed by atoms with Gasteiger partial charge in [-0.15, -0.1) is 0 Å². The van der Waals surface area contributed by atoms with E-state index in [0.717, 1.165) is 35.9 Å². The number of nitrogens with one attached hydrogen (secondary N) is 1. The second-order valence-corrected chi connectivity index (χ2v) is 10.0. The van der Waals surface area contributed by atoms with Crippen LogP contribution in [0.25, 0.3) is 10.9 Å². The van der Waals surface area contributed by atoms with E-state index < -0.39 is 10.0 Å². The summed E-state index contributed by atoms with van der Waals surface area (Å²) in [5.41, 5.74) is 2.43. The number of hydrogen-bond donors (Lipinski definition) is 1. The Balaban J connectivity index is 1.33. The fourth-order valence-corrected chi connectivity index (χ4v) is 5.78. The molecule has 1 aromatic heterocycles. The van der Waals surface area contributed by atoms with Crippen molar-refractivity contribution < 1.29 is 13.2 Å². The van der Waals surface area contributed by atoms with Crippen molar-refractivity contribution >= 4 is 32.5 Å². The van der Waals surface area contributed by atoms with Crippen LogP contribution in [0.4, 0.5) is 5.69 Å². The van der Waals surface area contributed by atoms with Gasteiger partial charge in [-0.05, 0) is 61.9 Å². The molecular weight excluding hydrogens is 410 g/mol. The molecule has 7 heteroatoms. The molecule has 4 rings (SSSR count). The van der Waals surface area contributed by atoms with E-state index in [9.17, 15) is 13.2 Å². The molecule has 0 atom stereocenters. The number of aromatic nitrogens is 1. The Morgan fingerprint density at radius 2 is 1.84 bits per heavy atom. The van der Waals surface area contributed by atoms with Crippen molar-refractivity contribution in [3.63, 3.8) is 0 Å². The highest BCUT2D eigenvalue weighted by Crippen LogP contribution is 2.29. The summed E-state index contributed by atoms with van der Waals surface area (Å²) in [6.07, 6.45) is 4.35. The van der Waals surface area contributed by atoms with Gasteiger partial charge in [0.1, 0.15) is 4.90 Å². The molecule has 1 saturated heterocycles. The van der Waals surface area contributed by atoms with E-state index in [1.165, 1.54) is 0 Å². The molecule has 31 heavy (non-hydrogen) atoms. The van der Waals surface area contributed by atoms with Crippen molar-refractivity contribution in [2.75, 3.05) is 18.4 Å². The average Bonchev–Trinajstić information content (AvgIpc) is 2.77. The molecular formula is C24H27N3O3S. The first kappa shape index (κ1) is 21.5. The van der Waals surface area contributed by atoms with Crippen LogP contribution in [-0.4, -0.2) is 36.7 Å². The number of anilines is 1. The van der Waals surface area contributed by atoms with E-state index in [0.29, 0.717) is 30.9 Å².